The molecule has 0 aliphatic carbocycles. The van der Waals surface area contributed by atoms with Crippen LogP contribution >= 0.6 is 0 Å². The van der Waals surface area contributed by atoms with Crippen LogP contribution in [0.4, 0.5) is 5.69 Å². The van der Waals surface area contributed by atoms with Crippen molar-refractivity contribution >= 4 is 17.5 Å². The van der Waals surface area contributed by atoms with Gasteiger partial charge in [-0.1, -0.05) is 6.07 Å². The summed E-state index contributed by atoms with van der Waals surface area (Å²) in [4.78, 5) is 23.7. The molecule has 2 amide bonds. The van der Waals surface area contributed by atoms with Crippen molar-refractivity contribution in [1.82, 2.24) is 10.6 Å². The molecule has 0 bridgehead atoms. The van der Waals surface area contributed by atoms with Gasteiger partial charge in [-0.15, -0.1) is 0 Å². The number of benzene rings is 1. The molecule has 0 radical (unpaired) electrons. The number of carbonyl (C=O) groups is 2. The van der Waals surface area contributed by atoms with Gasteiger partial charge in [-0.25, -0.2) is 0 Å². The highest BCUT2D eigenvalue weighted by atomic mass is 16.5. The van der Waals surface area contributed by atoms with Crippen LogP contribution in [-0.2, 0) is 4.79 Å². The minimum absolute atomic E-state index is 0.0710. The number of amides is 2. The lowest BCUT2D eigenvalue weighted by Gasteiger charge is -2.21. The summed E-state index contributed by atoms with van der Waals surface area (Å²) in [5.74, 6) is 0.277. The van der Waals surface area contributed by atoms with Gasteiger partial charge in [0, 0.05) is 25.6 Å². The summed E-state index contributed by atoms with van der Waals surface area (Å²) < 4.78 is 5.55. The predicted octanol–water partition coefficient (Wildman–Crippen LogP) is 1.14. The molecular formula is C15H21N3O3. The van der Waals surface area contributed by atoms with Crippen LogP contribution in [0, 0.1) is 0 Å². The first kappa shape index (κ1) is 15.2. The number of hydrogen-bond donors (Lipinski definition) is 3. The number of rotatable bonds is 5. The van der Waals surface area contributed by atoms with E-state index in [4.69, 9.17) is 4.74 Å². The minimum atomic E-state index is -0.229. The third kappa shape index (κ3) is 4.11. The number of fused-ring (bicyclic) bond motifs is 1. The van der Waals surface area contributed by atoms with Crippen molar-refractivity contribution in [3.8, 4) is 5.75 Å². The second-order valence-electron chi connectivity index (χ2n) is 5.19. The molecule has 0 saturated heterocycles. The number of ether oxygens (including phenoxy) is 1. The van der Waals surface area contributed by atoms with E-state index in [0.717, 1.165) is 12.2 Å². The number of carbonyl (C=O) groups excluding carboxylic acids is 2. The molecule has 0 aromatic heterocycles. The molecular weight excluding hydrogens is 270 g/mol. The first-order valence-corrected chi connectivity index (χ1v) is 7.15. The lowest BCUT2D eigenvalue weighted by atomic mass is 10.1. The fourth-order valence-corrected chi connectivity index (χ4v) is 2.13. The molecule has 0 atom stereocenters. The molecule has 114 valence electrons. The minimum Gasteiger partial charge on any atom is -0.489 e. The van der Waals surface area contributed by atoms with Gasteiger partial charge in [-0.2, -0.15) is 0 Å². The summed E-state index contributed by atoms with van der Waals surface area (Å²) in [7, 11) is 0. The number of hydrogen-bond acceptors (Lipinski definition) is 4. The average molecular weight is 291 g/mol. The zero-order valence-corrected chi connectivity index (χ0v) is 12.4. The van der Waals surface area contributed by atoms with Crippen LogP contribution in [0.2, 0.25) is 0 Å². The Kier molecular flexibility index (Phi) is 5.03. The van der Waals surface area contributed by atoms with Gasteiger partial charge in [-0.3, -0.25) is 9.59 Å². The smallest absolute Gasteiger partial charge is 0.255 e. The van der Waals surface area contributed by atoms with E-state index in [9.17, 15) is 9.59 Å². The van der Waals surface area contributed by atoms with E-state index in [1.54, 1.807) is 12.1 Å². The van der Waals surface area contributed by atoms with E-state index in [1.165, 1.54) is 0 Å². The normalized spacial score (nSPS) is 12.9. The fourth-order valence-electron chi connectivity index (χ4n) is 2.13. The van der Waals surface area contributed by atoms with Crippen LogP contribution < -0.4 is 20.7 Å². The molecule has 0 spiro atoms. The largest absolute Gasteiger partial charge is 0.489 e. The molecule has 0 saturated carbocycles. The first-order chi connectivity index (χ1) is 10.1. The molecule has 0 unspecified atom stereocenters. The van der Waals surface area contributed by atoms with Gasteiger partial charge in [0.2, 0.25) is 5.91 Å². The van der Waals surface area contributed by atoms with E-state index >= 15 is 0 Å². The van der Waals surface area contributed by atoms with Crippen LogP contribution in [0.15, 0.2) is 18.2 Å². The van der Waals surface area contributed by atoms with Gasteiger partial charge < -0.3 is 20.7 Å². The Hall–Kier alpha value is -2.24. The van der Waals surface area contributed by atoms with Crippen molar-refractivity contribution in [1.29, 1.82) is 0 Å². The molecule has 2 rings (SSSR count). The van der Waals surface area contributed by atoms with Crippen LogP contribution in [0.25, 0.3) is 0 Å². The summed E-state index contributed by atoms with van der Waals surface area (Å²) in [6, 6.07) is 5.51. The molecule has 21 heavy (non-hydrogen) atoms. The van der Waals surface area contributed by atoms with E-state index in [1.807, 2.05) is 19.9 Å². The van der Waals surface area contributed by atoms with E-state index in [0.29, 0.717) is 24.5 Å². The summed E-state index contributed by atoms with van der Waals surface area (Å²) in [5, 5.41) is 8.71. The van der Waals surface area contributed by atoms with Gasteiger partial charge in [0.1, 0.15) is 6.61 Å². The quantitative estimate of drug-likeness (QED) is 0.760. The lowest BCUT2D eigenvalue weighted by molar-refractivity contribution is -0.121. The predicted molar refractivity (Wildman–Crippen MR) is 80.7 cm³/mol. The molecule has 0 fully saturated rings. The maximum atomic E-state index is 12.2. The summed E-state index contributed by atoms with van der Waals surface area (Å²) in [6.45, 7) is 5.37. The van der Waals surface area contributed by atoms with Crippen LogP contribution in [0.5, 0.6) is 5.75 Å². The van der Waals surface area contributed by atoms with Crippen molar-refractivity contribution in [3.05, 3.63) is 23.8 Å². The number of para-hydroxylation sites is 1. The van der Waals surface area contributed by atoms with Crippen LogP contribution in [-0.4, -0.2) is 37.6 Å². The zero-order valence-electron chi connectivity index (χ0n) is 12.4. The van der Waals surface area contributed by atoms with Crippen molar-refractivity contribution < 1.29 is 14.3 Å². The highest BCUT2D eigenvalue weighted by Gasteiger charge is 2.18. The summed E-state index contributed by atoms with van der Waals surface area (Å²) in [6.07, 6.45) is 0.262. The number of nitrogens with one attached hydrogen (secondary N) is 3. The third-order valence-corrected chi connectivity index (χ3v) is 3.01. The molecule has 1 aliphatic rings. The maximum Gasteiger partial charge on any atom is 0.255 e. The third-order valence-electron chi connectivity index (χ3n) is 3.01. The lowest BCUT2D eigenvalue weighted by Crippen LogP contribution is -2.34. The van der Waals surface area contributed by atoms with Crippen LogP contribution in [0.3, 0.4) is 0 Å². The van der Waals surface area contributed by atoms with Crippen molar-refractivity contribution in [2.45, 2.75) is 26.3 Å². The molecule has 1 aromatic carbocycles. The Labute approximate surface area is 124 Å². The topological polar surface area (TPSA) is 79.5 Å². The molecule has 1 heterocycles. The Bertz CT molecular complexity index is 529. The first-order valence-electron chi connectivity index (χ1n) is 7.15. The van der Waals surface area contributed by atoms with Gasteiger partial charge in [0.05, 0.1) is 11.3 Å². The zero-order chi connectivity index (χ0) is 15.2. The standard InChI is InChI=1S/C15H21N3O3/c1-10(2)18-13(19)6-7-17-15(20)11-4-3-5-12-14(11)21-9-8-16-12/h3-5,10,16H,6-9H2,1-2H3,(H,17,20)(H,18,19). The van der Waals surface area contributed by atoms with Crippen molar-refractivity contribution in [3.63, 3.8) is 0 Å². The summed E-state index contributed by atoms with van der Waals surface area (Å²) in [5.41, 5.74) is 1.32. The molecule has 1 aliphatic heterocycles. The highest BCUT2D eigenvalue weighted by Crippen LogP contribution is 2.30. The molecule has 1 aromatic rings. The Morgan fingerprint density at radius 1 is 1.38 bits per heavy atom. The SMILES string of the molecule is CC(C)NC(=O)CCNC(=O)c1cccc2c1OCCN2. The van der Waals surface area contributed by atoms with Gasteiger partial charge in [0.25, 0.3) is 5.91 Å². The second kappa shape index (κ2) is 6.97. The van der Waals surface area contributed by atoms with E-state index in [-0.39, 0.29) is 24.3 Å². The highest BCUT2D eigenvalue weighted by molar-refractivity contribution is 5.99. The maximum absolute atomic E-state index is 12.2. The Balaban J connectivity index is 1.91. The van der Waals surface area contributed by atoms with Gasteiger partial charge >= 0.3 is 0 Å². The molecule has 3 N–H and O–H groups in total. The molecule has 6 heteroatoms. The summed E-state index contributed by atoms with van der Waals surface area (Å²) >= 11 is 0. The monoisotopic (exact) mass is 291 g/mol. The Morgan fingerprint density at radius 3 is 2.95 bits per heavy atom. The Morgan fingerprint density at radius 2 is 2.19 bits per heavy atom. The van der Waals surface area contributed by atoms with Gasteiger partial charge in [-0.05, 0) is 26.0 Å². The van der Waals surface area contributed by atoms with E-state index in [2.05, 4.69) is 16.0 Å². The van der Waals surface area contributed by atoms with Gasteiger partial charge in [0.15, 0.2) is 5.75 Å². The van der Waals surface area contributed by atoms with E-state index < -0.39 is 0 Å². The van der Waals surface area contributed by atoms with Crippen molar-refractivity contribution in [2.24, 2.45) is 0 Å². The van der Waals surface area contributed by atoms with Crippen LogP contribution in [0.1, 0.15) is 30.6 Å². The molecule has 6 nitrogen and oxygen atoms in total. The number of anilines is 1. The van der Waals surface area contributed by atoms with Crippen molar-refractivity contribution in [2.75, 3.05) is 25.0 Å². The fraction of sp³-hybridized carbons (Fsp3) is 0.467. The second-order valence-corrected chi connectivity index (χ2v) is 5.19. The average Bonchev–Trinajstić information content (AvgIpc) is 2.45.